The van der Waals surface area contributed by atoms with Crippen molar-refractivity contribution >= 4 is 11.4 Å². The van der Waals surface area contributed by atoms with Crippen LogP contribution in [0.25, 0.3) is 0 Å². The third kappa shape index (κ3) is 4.27. The average Bonchev–Trinajstić information content (AvgIpc) is 2.25. The van der Waals surface area contributed by atoms with Gasteiger partial charge < -0.3 is 16.0 Å². The number of nitrogens with two attached hydrogens (primary N) is 1. The maximum Gasteiger partial charge on any atom is 0.101 e. The highest BCUT2D eigenvalue weighted by molar-refractivity contribution is 5.62. The molecule has 18 heavy (non-hydrogen) atoms. The molecule has 0 bridgehead atoms. The number of nitrogen functional groups attached to an aromatic ring is 1. The van der Waals surface area contributed by atoms with Gasteiger partial charge in [-0.2, -0.15) is 5.26 Å². The summed E-state index contributed by atoms with van der Waals surface area (Å²) in [6.07, 6.45) is 0. The molecule has 4 nitrogen and oxygen atoms in total. The molecular weight excluding hydrogens is 224 g/mol. The Labute approximate surface area is 109 Å². The highest BCUT2D eigenvalue weighted by Gasteiger charge is 2.18. The molecule has 0 atom stereocenters. The summed E-state index contributed by atoms with van der Waals surface area (Å²) < 4.78 is 0. The van der Waals surface area contributed by atoms with Crippen LogP contribution in [0, 0.1) is 16.7 Å². The molecule has 0 aliphatic heterocycles. The molecule has 1 aromatic carbocycles. The van der Waals surface area contributed by atoms with Crippen molar-refractivity contribution < 1.29 is 0 Å². The lowest BCUT2D eigenvalue weighted by Gasteiger charge is -2.29. The topological polar surface area (TPSA) is 65.1 Å². The van der Waals surface area contributed by atoms with Gasteiger partial charge in [-0.15, -0.1) is 0 Å². The van der Waals surface area contributed by atoms with E-state index in [0.29, 0.717) is 11.3 Å². The van der Waals surface area contributed by atoms with E-state index in [0.717, 1.165) is 18.8 Å². The van der Waals surface area contributed by atoms with E-state index >= 15 is 0 Å². The van der Waals surface area contributed by atoms with Gasteiger partial charge in [0.1, 0.15) is 6.07 Å². The highest BCUT2D eigenvalue weighted by atomic mass is 15.1. The van der Waals surface area contributed by atoms with E-state index in [9.17, 15) is 0 Å². The maximum absolute atomic E-state index is 8.81. The fraction of sp³-hybridized carbons (Fsp3) is 0.500. The third-order valence-corrected chi connectivity index (χ3v) is 2.69. The van der Waals surface area contributed by atoms with Crippen molar-refractivity contribution in [2.75, 3.05) is 38.2 Å². The van der Waals surface area contributed by atoms with Crippen LogP contribution in [-0.4, -0.2) is 32.1 Å². The molecular formula is C14H22N4. The normalized spacial score (nSPS) is 11.3. The Bertz CT molecular complexity index is 444. The predicted molar refractivity (Wildman–Crippen MR) is 76.4 cm³/mol. The summed E-state index contributed by atoms with van der Waals surface area (Å²) in [5, 5.41) is 12.2. The zero-order valence-corrected chi connectivity index (χ0v) is 11.6. The summed E-state index contributed by atoms with van der Waals surface area (Å²) >= 11 is 0. The standard InChI is InChI=1S/C14H22N4/c1-14(2,10-18(3)4)9-17-12-6-5-11(8-15)13(16)7-12/h5-7,17H,9-10,16H2,1-4H3. The number of nitrogens with zero attached hydrogens (tertiary/aromatic N) is 2. The van der Waals surface area contributed by atoms with E-state index in [-0.39, 0.29) is 5.41 Å². The molecule has 0 saturated carbocycles. The van der Waals surface area contributed by atoms with Gasteiger partial charge in [0.15, 0.2) is 0 Å². The number of nitriles is 1. The van der Waals surface area contributed by atoms with Crippen LogP contribution in [0.3, 0.4) is 0 Å². The quantitative estimate of drug-likeness (QED) is 0.781. The van der Waals surface area contributed by atoms with Crippen molar-refractivity contribution in [2.45, 2.75) is 13.8 Å². The largest absolute Gasteiger partial charge is 0.398 e. The van der Waals surface area contributed by atoms with Gasteiger partial charge in [-0.3, -0.25) is 0 Å². The number of rotatable bonds is 5. The van der Waals surface area contributed by atoms with Crippen LogP contribution in [-0.2, 0) is 0 Å². The molecule has 3 N–H and O–H groups in total. The molecule has 98 valence electrons. The Kier molecular flexibility index (Phi) is 4.57. The molecule has 4 heteroatoms. The molecule has 0 saturated heterocycles. The van der Waals surface area contributed by atoms with Gasteiger partial charge in [-0.05, 0) is 37.7 Å². The van der Waals surface area contributed by atoms with Crippen molar-refractivity contribution in [1.29, 1.82) is 5.26 Å². The lowest BCUT2D eigenvalue weighted by Crippen LogP contribution is -2.34. The first-order valence-corrected chi connectivity index (χ1v) is 6.02. The Morgan fingerprint density at radius 1 is 1.39 bits per heavy atom. The molecule has 0 radical (unpaired) electrons. The van der Waals surface area contributed by atoms with Gasteiger partial charge >= 0.3 is 0 Å². The van der Waals surface area contributed by atoms with Crippen molar-refractivity contribution in [3.05, 3.63) is 23.8 Å². The van der Waals surface area contributed by atoms with E-state index in [1.807, 2.05) is 12.1 Å². The highest BCUT2D eigenvalue weighted by Crippen LogP contribution is 2.20. The van der Waals surface area contributed by atoms with Crippen molar-refractivity contribution in [3.63, 3.8) is 0 Å². The number of nitrogens with one attached hydrogen (secondary N) is 1. The smallest absolute Gasteiger partial charge is 0.101 e. The van der Waals surface area contributed by atoms with E-state index in [1.54, 1.807) is 6.07 Å². The molecule has 0 amide bonds. The van der Waals surface area contributed by atoms with E-state index < -0.39 is 0 Å². The SMILES string of the molecule is CN(C)CC(C)(C)CNc1ccc(C#N)c(N)c1. The summed E-state index contributed by atoms with van der Waals surface area (Å²) in [5.41, 5.74) is 7.95. The Morgan fingerprint density at radius 3 is 2.56 bits per heavy atom. The Hall–Kier alpha value is -1.73. The summed E-state index contributed by atoms with van der Waals surface area (Å²) in [6.45, 7) is 6.29. The third-order valence-electron chi connectivity index (χ3n) is 2.69. The fourth-order valence-electron chi connectivity index (χ4n) is 2.03. The number of benzene rings is 1. The average molecular weight is 246 g/mol. The zero-order valence-electron chi connectivity index (χ0n) is 11.6. The molecule has 0 aromatic heterocycles. The second-order valence-electron chi connectivity index (χ2n) is 5.67. The van der Waals surface area contributed by atoms with Gasteiger partial charge in [-0.1, -0.05) is 13.8 Å². The number of hydrogen-bond donors (Lipinski definition) is 2. The summed E-state index contributed by atoms with van der Waals surface area (Å²) in [5.74, 6) is 0. The Balaban J connectivity index is 2.64. The first kappa shape index (κ1) is 14.3. The molecule has 0 unspecified atom stereocenters. The van der Waals surface area contributed by atoms with E-state index in [4.69, 9.17) is 11.0 Å². The lowest BCUT2D eigenvalue weighted by molar-refractivity contribution is 0.254. The summed E-state index contributed by atoms with van der Waals surface area (Å²) in [6, 6.07) is 7.51. The van der Waals surface area contributed by atoms with Crippen LogP contribution in [0.5, 0.6) is 0 Å². The number of hydrogen-bond acceptors (Lipinski definition) is 4. The molecule has 1 aromatic rings. The van der Waals surface area contributed by atoms with Gasteiger partial charge in [0.05, 0.1) is 11.3 Å². The maximum atomic E-state index is 8.81. The fourth-order valence-corrected chi connectivity index (χ4v) is 2.03. The van der Waals surface area contributed by atoms with Crippen LogP contribution in [0.4, 0.5) is 11.4 Å². The second kappa shape index (κ2) is 5.74. The number of anilines is 2. The predicted octanol–water partition coefficient (Wildman–Crippen LogP) is 2.14. The lowest BCUT2D eigenvalue weighted by atomic mass is 9.93. The minimum atomic E-state index is 0.173. The zero-order chi connectivity index (χ0) is 13.8. The van der Waals surface area contributed by atoms with Crippen LogP contribution in [0.1, 0.15) is 19.4 Å². The van der Waals surface area contributed by atoms with Crippen LogP contribution in [0.15, 0.2) is 18.2 Å². The van der Waals surface area contributed by atoms with Crippen molar-refractivity contribution in [1.82, 2.24) is 4.90 Å². The monoisotopic (exact) mass is 246 g/mol. The molecule has 0 aliphatic rings. The minimum Gasteiger partial charge on any atom is -0.398 e. The van der Waals surface area contributed by atoms with Gasteiger partial charge in [0, 0.05) is 18.8 Å². The van der Waals surface area contributed by atoms with E-state index in [1.165, 1.54) is 0 Å². The van der Waals surface area contributed by atoms with Gasteiger partial charge in [-0.25, -0.2) is 0 Å². The second-order valence-corrected chi connectivity index (χ2v) is 5.67. The minimum absolute atomic E-state index is 0.173. The van der Waals surface area contributed by atoms with Crippen LogP contribution in [0.2, 0.25) is 0 Å². The van der Waals surface area contributed by atoms with Gasteiger partial charge in [0.25, 0.3) is 0 Å². The summed E-state index contributed by atoms with van der Waals surface area (Å²) in [7, 11) is 4.14. The Morgan fingerprint density at radius 2 is 2.06 bits per heavy atom. The molecule has 0 aliphatic carbocycles. The van der Waals surface area contributed by atoms with Crippen molar-refractivity contribution in [3.8, 4) is 6.07 Å². The van der Waals surface area contributed by atoms with Gasteiger partial charge in [0.2, 0.25) is 0 Å². The first-order valence-electron chi connectivity index (χ1n) is 6.02. The molecule has 0 heterocycles. The van der Waals surface area contributed by atoms with E-state index in [2.05, 4.69) is 44.2 Å². The molecule has 1 rings (SSSR count). The summed E-state index contributed by atoms with van der Waals surface area (Å²) in [4.78, 5) is 2.18. The molecule has 0 spiro atoms. The van der Waals surface area contributed by atoms with Crippen LogP contribution >= 0.6 is 0 Å². The molecule has 0 fully saturated rings. The first-order chi connectivity index (χ1) is 8.34. The van der Waals surface area contributed by atoms with Crippen molar-refractivity contribution in [2.24, 2.45) is 5.41 Å². The van der Waals surface area contributed by atoms with Crippen LogP contribution < -0.4 is 11.1 Å².